The number of esters is 1. The van der Waals surface area contributed by atoms with Crippen molar-refractivity contribution in [2.75, 3.05) is 7.11 Å². The van der Waals surface area contributed by atoms with E-state index in [2.05, 4.69) is 41.3 Å². The second-order valence-electron chi connectivity index (χ2n) is 14.2. The highest BCUT2D eigenvalue weighted by molar-refractivity contribution is 9.10. The molecule has 3 aromatic carbocycles. The first-order valence-corrected chi connectivity index (χ1v) is 19.3. The van der Waals surface area contributed by atoms with E-state index < -0.39 is 30.4 Å². The van der Waals surface area contributed by atoms with Crippen LogP contribution in [-0.2, 0) is 42.3 Å². The number of aromatic nitrogens is 1. The first-order valence-electron chi connectivity index (χ1n) is 17.4. The van der Waals surface area contributed by atoms with Gasteiger partial charge in [-0.05, 0) is 101 Å². The largest absolute Gasteiger partial charge is 0.494 e. The number of fused-ring (bicyclic) bond motifs is 1. The zero-order valence-electron chi connectivity index (χ0n) is 32.5. The zero-order valence-corrected chi connectivity index (χ0v) is 35.6. The van der Waals surface area contributed by atoms with Gasteiger partial charge in [0.2, 0.25) is 5.76 Å². The van der Waals surface area contributed by atoms with Crippen molar-refractivity contribution in [3.05, 3.63) is 129 Å². The number of rotatable bonds is 6. The normalized spacial score (nSPS) is 14.4. The van der Waals surface area contributed by atoms with Crippen LogP contribution >= 0.6 is 31.9 Å². The van der Waals surface area contributed by atoms with Gasteiger partial charge in [0.05, 0.1) is 40.1 Å². The van der Waals surface area contributed by atoms with Gasteiger partial charge in [-0.2, -0.15) is 13.2 Å². The van der Waals surface area contributed by atoms with Crippen LogP contribution < -0.4 is 11.2 Å². The number of alkyl halides is 4. The van der Waals surface area contributed by atoms with Gasteiger partial charge in [0.15, 0.2) is 0 Å². The molecule has 0 saturated carbocycles. The summed E-state index contributed by atoms with van der Waals surface area (Å²) >= 11 is 6.31. The molecule has 0 atom stereocenters. The van der Waals surface area contributed by atoms with E-state index >= 15 is 0 Å². The van der Waals surface area contributed by atoms with Crippen molar-refractivity contribution in [2.24, 2.45) is 5.73 Å². The van der Waals surface area contributed by atoms with E-state index in [0.29, 0.717) is 28.4 Å². The van der Waals surface area contributed by atoms with E-state index in [0.717, 1.165) is 27.1 Å². The highest BCUT2D eigenvalue weighted by Crippen LogP contribution is 2.37. The average Bonchev–Trinajstić information content (AvgIpc) is 3.73. The van der Waals surface area contributed by atoms with Crippen LogP contribution in [0, 0.1) is 6.92 Å². The predicted molar refractivity (Wildman–Crippen MR) is 219 cm³/mol. The Morgan fingerprint density at radius 2 is 1.54 bits per heavy atom. The van der Waals surface area contributed by atoms with E-state index in [1.807, 2.05) is 102 Å². The summed E-state index contributed by atoms with van der Waals surface area (Å²) in [5, 5.41) is 10.0. The first kappa shape index (κ1) is 46.4. The number of benzene rings is 3. The third-order valence-electron chi connectivity index (χ3n) is 9.23. The van der Waals surface area contributed by atoms with Crippen molar-refractivity contribution in [1.29, 1.82) is 0 Å². The molecule has 2 aromatic heterocycles. The fourth-order valence-corrected chi connectivity index (χ4v) is 5.74. The Morgan fingerprint density at radius 3 is 2.04 bits per heavy atom. The minimum absolute atomic E-state index is 0.265. The Bertz CT molecular complexity index is 2070. The maximum Gasteiger partial charge on any atom is 0.494 e. The van der Waals surface area contributed by atoms with E-state index in [-0.39, 0.29) is 22.9 Å². The highest BCUT2D eigenvalue weighted by atomic mass is 79.9. The highest BCUT2D eigenvalue weighted by Gasteiger charge is 2.52. The number of para-hydroxylation sites is 1. The quantitative estimate of drug-likeness (QED) is 0.0971. The average molecular weight is 906 g/mol. The van der Waals surface area contributed by atoms with Gasteiger partial charge in [-0.15, -0.1) is 0 Å². The molecule has 0 radical (unpaired) electrons. The van der Waals surface area contributed by atoms with Gasteiger partial charge in [-0.25, -0.2) is 4.79 Å². The van der Waals surface area contributed by atoms with Gasteiger partial charge in [-0.1, -0.05) is 86.5 Å². The Kier molecular flexibility index (Phi) is 16.1. The summed E-state index contributed by atoms with van der Waals surface area (Å²) in [4.78, 5) is 27.2. The number of nitrogens with two attached hydrogens (primary N) is 1. The molecule has 0 aliphatic carbocycles. The van der Waals surface area contributed by atoms with Crippen molar-refractivity contribution in [2.45, 2.75) is 83.1 Å². The second-order valence-corrected chi connectivity index (χ2v) is 15.7. The van der Waals surface area contributed by atoms with Crippen molar-refractivity contribution in [1.82, 2.24) is 4.98 Å². The molecular weight excluding hydrogens is 860 g/mol. The third kappa shape index (κ3) is 12.0. The number of methoxy groups -OCH3 is 1. The number of carboxylic acids is 1. The number of carbonyl (C=O) groups is 2. The van der Waals surface area contributed by atoms with Gasteiger partial charge >= 0.3 is 25.2 Å². The lowest BCUT2D eigenvalue weighted by Gasteiger charge is -2.32. The van der Waals surface area contributed by atoms with Crippen LogP contribution in [0.25, 0.3) is 10.9 Å². The van der Waals surface area contributed by atoms with Crippen LogP contribution in [0.4, 0.5) is 13.2 Å². The van der Waals surface area contributed by atoms with Gasteiger partial charge in [0.1, 0.15) is 5.76 Å². The molecule has 6 rings (SSSR count). The molecule has 5 aromatic rings. The molecule has 9 nitrogen and oxygen atoms in total. The van der Waals surface area contributed by atoms with Crippen LogP contribution in [0.1, 0.15) is 80.1 Å². The number of nitrogens with zero attached hydrogens (tertiary/aromatic N) is 1. The molecular formula is C41H46BBr2F3N2O7. The Morgan fingerprint density at radius 1 is 0.929 bits per heavy atom. The molecule has 0 spiro atoms. The minimum Gasteiger partial charge on any atom is -0.478 e. The van der Waals surface area contributed by atoms with Crippen molar-refractivity contribution in [3.63, 3.8) is 0 Å². The summed E-state index contributed by atoms with van der Waals surface area (Å²) < 4.78 is 58.0. The lowest BCUT2D eigenvalue weighted by molar-refractivity contribution is -0.153. The summed E-state index contributed by atoms with van der Waals surface area (Å²) in [6.45, 7) is 14.2. The molecule has 1 saturated heterocycles. The fraction of sp³-hybridized carbons (Fsp3) is 0.341. The molecule has 0 unspecified atom stereocenters. The number of carbonyl (C=O) groups excluding carboxylic acids is 1. The van der Waals surface area contributed by atoms with Crippen LogP contribution in [0.3, 0.4) is 0 Å². The Hall–Kier alpha value is -4.02. The monoisotopic (exact) mass is 904 g/mol. The number of ether oxygens (including phenoxy) is 1. The SMILES string of the molecule is COC(=O)C(C)(C)c1cccc(B2OC(C)(C)C(C)(C)O2)c1.Cc1cnc2ccccc2c1C(=O)O.FC(F)(F)c1ccc(CBr)o1.NCc1ccc(Br)cc1. The number of furan rings is 1. The third-order valence-corrected chi connectivity index (χ3v) is 10.3. The first-order chi connectivity index (χ1) is 26.1. The molecule has 300 valence electrons. The topological polar surface area (TPSA) is 134 Å². The maximum absolute atomic E-state index is 12.0. The van der Waals surface area contributed by atoms with Gasteiger partial charge < -0.3 is 29.3 Å². The molecule has 1 aliphatic rings. The number of hydrogen-bond acceptors (Lipinski definition) is 8. The van der Waals surface area contributed by atoms with Crippen molar-refractivity contribution < 1.29 is 46.3 Å². The second kappa shape index (κ2) is 19.4. The molecule has 1 aliphatic heterocycles. The number of aromatic carboxylic acids is 1. The van der Waals surface area contributed by atoms with Gasteiger partial charge in [-0.3, -0.25) is 9.78 Å². The standard InChI is InChI=1S/C17H25BO4.C11H9NO2.C7H8BrN.C6H4BrF3O/c1-15(2,14(19)20-7)12-9-8-10-13(11-12)18-21-16(3,4)17(5,6)22-18;1-7-6-12-9-5-3-2-4-8(9)10(7)11(13)14;8-7-3-1-6(5-9)2-4-7;7-3-4-1-2-5(11-4)6(8,9)10/h8-11H,1-7H3;2-6H,1H3,(H,13,14);1-4H,5,9H2;1-2H,3H2. The predicted octanol–water partition coefficient (Wildman–Crippen LogP) is 9.78. The lowest BCUT2D eigenvalue weighted by Crippen LogP contribution is -2.41. The smallest absolute Gasteiger partial charge is 0.478 e. The van der Waals surface area contributed by atoms with Crippen LogP contribution in [-0.4, -0.2) is 47.5 Å². The number of aryl methyl sites for hydroxylation is 1. The maximum atomic E-state index is 12.0. The Labute approximate surface area is 342 Å². The van der Waals surface area contributed by atoms with E-state index in [9.17, 15) is 22.8 Å². The summed E-state index contributed by atoms with van der Waals surface area (Å²) in [5.41, 5.74) is 8.61. The van der Waals surface area contributed by atoms with Crippen LogP contribution in [0.5, 0.6) is 0 Å². The summed E-state index contributed by atoms with van der Waals surface area (Å²) in [5.74, 6) is -1.84. The zero-order chi connectivity index (χ0) is 42.1. The fourth-order valence-electron chi connectivity index (χ4n) is 5.17. The molecule has 56 heavy (non-hydrogen) atoms. The summed E-state index contributed by atoms with van der Waals surface area (Å²) in [6.07, 6.45) is -2.79. The molecule has 15 heteroatoms. The molecule has 0 bridgehead atoms. The van der Waals surface area contributed by atoms with E-state index in [1.54, 1.807) is 25.3 Å². The molecule has 1 fully saturated rings. The lowest BCUT2D eigenvalue weighted by atomic mass is 9.75. The van der Waals surface area contributed by atoms with E-state index in [1.165, 1.54) is 18.7 Å². The molecule has 0 amide bonds. The van der Waals surface area contributed by atoms with Crippen molar-refractivity contribution >= 4 is 67.3 Å². The number of carboxylic acid groups (broad SMARTS) is 1. The minimum atomic E-state index is -4.37. The summed E-state index contributed by atoms with van der Waals surface area (Å²) in [6, 6.07) is 25.2. The van der Waals surface area contributed by atoms with Crippen LogP contribution in [0.15, 0.2) is 100 Å². The summed E-state index contributed by atoms with van der Waals surface area (Å²) in [7, 11) is 0.973. The number of halogens is 5. The van der Waals surface area contributed by atoms with Gasteiger partial charge in [0, 0.05) is 22.6 Å². The van der Waals surface area contributed by atoms with Crippen molar-refractivity contribution in [3.8, 4) is 0 Å². The molecule has 3 heterocycles. The van der Waals surface area contributed by atoms with Crippen LogP contribution in [0.2, 0.25) is 0 Å². The van der Waals surface area contributed by atoms with E-state index in [4.69, 9.17) is 24.9 Å². The Balaban J connectivity index is 0.000000213. The molecule has 3 N–H and O–H groups in total. The number of pyridine rings is 1. The van der Waals surface area contributed by atoms with Gasteiger partial charge in [0.25, 0.3) is 0 Å². The number of hydrogen-bond donors (Lipinski definition) is 2.